The molecule has 0 aliphatic carbocycles. The van der Waals surface area contributed by atoms with Crippen LogP contribution in [0.25, 0.3) is 0 Å². The van der Waals surface area contributed by atoms with E-state index in [4.69, 9.17) is 14.2 Å². The summed E-state index contributed by atoms with van der Waals surface area (Å²) in [4.78, 5) is 30.7. The third kappa shape index (κ3) is 6.36. The number of carbonyl (C=O) groups excluding carboxylic acids is 1. The van der Waals surface area contributed by atoms with Gasteiger partial charge in [0, 0.05) is 31.5 Å². The van der Waals surface area contributed by atoms with Gasteiger partial charge in [-0.3, -0.25) is 14.5 Å². The molecular formula is C33H40N3O6+. The molecule has 222 valence electrons. The molecular weight excluding hydrogens is 534 g/mol. The van der Waals surface area contributed by atoms with Crippen LogP contribution in [0.5, 0.6) is 17.2 Å². The Morgan fingerprint density at radius 2 is 1.95 bits per heavy atom. The Balaban J connectivity index is 1.46. The first kappa shape index (κ1) is 29.4. The lowest BCUT2D eigenvalue weighted by Crippen LogP contribution is -2.47. The average Bonchev–Trinajstić information content (AvgIpc) is 3.60. The summed E-state index contributed by atoms with van der Waals surface area (Å²) in [5.41, 5.74) is 2.86. The number of fused-ring (bicyclic) bond motifs is 1. The van der Waals surface area contributed by atoms with Gasteiger partial charge in [0.2, 0.25) is 5.91 Å². The molecule has 1 amide bonds. The lowest BCUT2D eigenvalue weighted by Gasteiger charge is -2.29. The number of benzene rings is 2. The van der Waals surface area contributed by atoms with Crippen molar-refractivity contribution >= 4 is 17.6 Å². The third-order valence-electron chi connectivity index (χ3n) is 8.26. The van der Waals surface area contributed by atoms with Crippen LogP contribution in [0.2, 0.25) is 0 Å². The Morgan fingerprint density at radius 1 is 1.14 bits per heavy atom. The van der Waals surface area contributed by atoms with Crippen LogP contribution in [0.3, 0.4) is 0 Å². The highest BCUT2D eigenvalue weighted by molar-refractivity contribution is 5.94. The number of aryl methyl sites for hydroxylation is 1. The number of hydrogen-bond acceptors (Lipinski definition) is 6. The van der Waals surface area contributed by atoms with Gasteiger partial charge in [0.1, 0.15) is 25.1 Å². The number of unbranched alkanes of at least 4 members (excludes halogenated alkanes) is 1. The van der Waals surface area contributed by atoms with E-state index < -0.39 is 17.9 Å². The summed E-state index contributed by atoms with van der Waals surface area (Å²) in [6.45, 7) is 3.93. The van der Waals surface area contributed by atoms with Crippen LogP contribution in [0.4, 0.5) is 5.69 Å². The number of amides is 1. The molecule has 0 bridgehead atoms. The fourth-order valence-electron chi connectivity index (χ4n) is 6.09. The molecule has 0 spiro atoms. The summed E-state index contributed by atoms with van der Waals surface area (Å²) in [5.74, 6) is -0.0908. The van der Waals surface area contributed by atoms with Crippen molar-refractivity contribution in [1.82, 2.24) is 4.90 Å². The van der Waals surface area contributed by atoms with Gasteiger partial charge in [0.05, 0.1) is 32.2 Å². The molecule has 1 aromatic heterocycles. The second kappa shape index (κ2) is 13.2. The van der Waals surface area contributed by atoms with E-state index >= 15 is 0 Å². The number of anilines is 1. The standard InChI is InChI=1S/C33H39N3O6/c1-4-5-16-36(25-9-8-15-34(2)19-25)31(37)21-35-20-26(23-12-13-28-24(18-23)14-17-41-28)32(33(38)39)27(35)22-42-30-11-7-6-10-29(30)40-3/h6-13,15,18-19,26-27,32H,4-5,14,16-17,20-22H2,1-3H3/p+1/t26-,27+,32-/m1/s1. The van der Waals surface area contributed by atoms with E-state index in [9.17, 15) is 14.7 Å². The molecule has 9 nitrogen and oxygen atoms in total. The monoisotopic (exact) mass is 574 g/mol. The number of ether oxygens (including phenoxy) is 3. The fraction of sp³-hybridized carbons (Fsp3) is 0.424. The number of hydrogen-bond donors (Lipinski definition) is 1. The van der Waals surface area contributed by atoms with Gasteiger partial charge in [0.15, 0.2) is 23.9 Å². The summed E-state index contributed by atoms with van der Waals surface area (Å²) in [6.07, 6.45) is 6.49. The predicted octanol–water partition coefficient (Wildman–Crippen LogP) is 3.84. The molecule has 1 fully saturated rings. The topological polar surface area (TPSA) is 92.4 Å². The predicted molar refractivity (Wildman–Crippen MR) is 158 cm³/mol. The number of aromatic nitrogens is 1. The quantitative estimate of drug-likeness (QED) is 0.329. The molecule has 0 radical (unpaired) electrons. The molecule has 42 heavy (non-hydrogen) atoms. The van der Waals surface area contributed by atoms with Gasteiger partial charge in [-0.1, -0.05) is 37.6 Å². The van der Waals surface area contributed by atoms with E-state index in [1.807, 2.05) is 70.2 Å². The first-order valence-corrected chi connectivity index (χ1v) is 14.6. The number of aliphatic carboxylic acids is 1. The molecule has 2 aromatic carbocycles. The van der Waals surface area contributed by atoms with Gasteiger partial charge in [0.25, 0.3) is 0 Å². The van der Waals surface area contributed by atoms with Crippen molar-refractivity contribution < 1.29 is 33.5 Å². The van der Waals surface area contributed by atoms with Crippen molar-refractivity contribution in [2.75, 3.05) is 44.9 Å². The van der Waals surface area contributed by atoms with E-state index in [1.54, 1.807) is 19.2 Å². The molecule has 3 atom stereocenters. The fourth-order valence-corrected chi connectivity index (χ4v) is 6.09. The lowest BCUT2D eigenvalue weighted by molar-refractivity contribution is -0.670. The zero-order valence-electron chi connectivity index (χ0n) is 24.6. The van der Waals surface area contributed by atoms with E-state index in [0.29, 0.717) is 31.2 Å². The van der Waals surface area contributed by atoms with Crippen LogP contribution < -0.4 is 23.7 Å². The number of carboxylic acid groups (broad SMARTS) is 1. The van der Waals surface area contributed by atoms with Gasteiger partial charge in [-0.2, -0.15) is 0 Å². The summed E-state index contributed by atoms with van der Waals surface area (Å²) >= 11 is 0. The van der Waals surface area contributed by atoms with Gasteiger partial charge in [-0.15, -0.1) is 0 Å². The highest BCUT2D eigenvalue weighted by Gasteiger charge is 2.48. The zero-order chi connectivity index (χ0) is 29.6. The maximum Gasteiger partial charge on any atom is 0.308 e. The number of carboxylic acids is 1. The SMILES string of the molecule is CCCCN(C(=O)CN1C[C@H](c2ccc3c(c2)CCO3)[C@@H](C(=O)O)[C@@H]1COc1ccccc1OC)c1ccc[n+](C)c1. The van der Waals surface area contributed by atoms with Crippen LogP contribution in [0.1, 0.15) is 36.8 Å². The van der Waals surface area contributed by atoms with Gasteiger partial charge in [-0.25, -0.2) is 4.57 Å². The molecule has 0 unspecified atom stereocenters. The number of carbonyl (C=O) groups is 2. The summed E-state index contributed by atoms with van der Waals surface area (Å²) in [7, 11) is 3.51. The van der Waals surface area contributed by atoms with Crippen LogP contribution in [0.15, 0.2) is 67.0 Å². The molecule has 3 aromatic rings. The summed E-state index contributed by atoms with van der Waals surface area (Å²) in [6, 6.07) is 16.6. The summed E-state index contributed by atoms with van der Waals surface area (Å²) < 4.78 is 19.3. The highest BCUT2D eigenvalue weighted by atomic mass is 16.5. The average molecular weight is 575 g/mol. The second-order valence-corrected chi connectivity index (χ2v) is 11.0. The number of nitrogens with zero attached hydrogens (tertiary/aromatic N) is 3. The molecule has 1 saturated heterocycles. The van der Waals surface area contributed by atoms with Gasteiger partial charge >= 0.3 is 5.97 Å². The van der Waals surface area contributed by atoms with Crippen LogP contribution in [-0.4, -0.2) is 67.9 Å². The molecule has 2 aliphatic rings. The number of likely N-dealkylation sites (tertiary alicyclic amines) is 1. The Bertz CT molecular complexity index is 1410. The molecule has 2 aliphatic heterocycles. The van der Waals surface area contributed by atoms with Crippen molar-refractivity contribution in [2.45, 2.75) is 38.1 Å². The highest BCUT2D eigenvalue weighted by Crippen LogP contribution is 2.40. The molecule has 3 heterocycles. The van der Waals surface area contributed by atoms with E-state index in [2.05, 4.69) is 13.0 Å². The van der Waals surface area contributed by atoms with Gasteiger partial charge < -0.3 is 24.2 Å². The number of pyridine rings is 1. The van der Waals surface area contributed by atoms with E-state index in [-0.39, 0.29) is 25.0 Å². The van der Waals surface area contributed by atoms with E-state index in [1.165, 1.54) is 0 Å². The minimum Gasteiger partial charge on any atom is -0.493 e. The first-order valence-electron chi connectivity index (χ1n) is 14.6. The molecule has 9 heteroatoms. The Hall–Kier alpha value is -4.11. The van der Waals surface area contributed by atoms with Crippen molar-refractivity contribution in [3.63, 3.8) is 0 Å². The molecule has 0 saturated carbocycles. The van der Waals surface area contributed by atoms with Crippen molar-refractivity contribution in [1.29, 1.82) is 0 Å². The first-order chi connectivity index (χ1) is 20.4. The smallest absolute Gasteiger partial charge is 0.308 e. The second-order valence-electron chi connectivity index (χ2n) is 11.0. The number of methoxy groups -OCH3 is 1. The lowest BCUT2D eigenvalue weighted by atomic mass is 9.84. The zero-order valence-corrected chi connectivity index (χ0v) is 24.6. The minimum absolute atomic E-state index is 0.0657. The Labute approximate surface area is 247 Å². The Morgan fingerprint density at radius 3 is 2.69 bits per heavy atom. The molecule has 1 N–H and O–H groups in total. The van der Waals surface area contributed by atoms with Crippen molar-refractivity contribution in [2.24, 2.45) is 13.0 Å². The Kier molecular flexibility index (Phi) is 9.27. The minimum atomic E-state index is -0.904. The normalized spacial score (nSPS) is 19.6. The largest absolute Gasteiger partial charge is 0.493 e. The maximum atomic E-state index is 14.0. The third-order valence-corrected chi connectivity index (χ3v) is 8.26. The van der Waals surface area contributed by atoms with Crippen LogP contribution in [-0.2, 0) is 23.1 Å². The maximum absolute atomic E-state index is 14.0. The number of para-hydroxylation sites is 2. The summed E-state index contributed by atoms with van der Waals surface area (Å²) in [5, 5.41) is 10.6. The van der Waals surface area contributed by atoms with Crippen LogP contribution in [0, 0.1) is 5.92 Å². The van der Waals surface area contributed by atoms with Crippen molar-refractivity contribution in [3.8, 4) is 17.2 Å². The van der Waals surface area contributed by atoms with Crippen molar-refractivity contribution in [3.05, 3.63) is 78.1 Å². The van der Waals surface area contributed by atoms with Crippen LogP contribution >= 0.6 is 0 Å². The van der Waals surface area contributed by atoms with Gasteiger partial charge in [-0.05, 0) is 41.8 Å². The number of rotatable bonds is 12. The molecule has 5 rings (SSSR count). The van der Waals surface area contributed by atoms with E-state index in [0.717, 1.165) is 41.8 Å².